The predicted molar refractivity (Wildman–Crippen MR) is 94.5 cm³/mol. The van der Waals surface area contributed by atoms with Crippen molar-refractivity contribution < 1.29 is 22.8 Å². The van der Waals surface area contributed by atoms with E-state index >= 15 is 0 Å². The molecule has 0 bridgehead atoms. The molecule has 2 aromatic carbocycles. The van der Waals surface area contributed by atoms with Gasteiger partial charge in [-0.2, -0.15) is 13.2 Å². The minimum absolute atomic E-state index is 0.0109. The third kappa shape index (κ3) is 4.65. The number of amides is 1. The van der Waals surface area contributed by atoms with E-state index in [1.165, 1.54) is 31.2 Å². The molecule has 2 N–H and O–H groups in total. The van der Waals surface area contributed by atoms with Crippen LogP contribution in [-0.2, 0) is 0 Å². The van der Waals surface area contributed by atoms with E-state index in [1.54, 1.807) is 0 Å². The van der Waals surface area contributed by atoms with Crippen molar-refractivity contribution in [3.63, 3.8) is 0 Å². The minimum Gasteiger partial charge on any atom is -0.366 e. The van der Waals surface area contributed by atoms with Crippen molar-refractivity contribution in [3.8, 4) is 0 Å². The molecule has 0 aliphatic heterocycles. The van der Waals surface area contributed by atoms with Crippen molar-refractivity contribution in [1.82, 2.24) is 0 Å². The zero-order chi connectivity index (χ0) is 19.6. The number of nitrogens with two attached hydrogens (primary N) is 1. The Hall–Kier alpha value is -2.31. The van der Waals surface area contributed by atoms with Crippen LogP contribution in [0.15, 0.2) is 42.5 Å². The number of ketones is 1. The molecule has 0 saturated heterocycles. The van der Waals surface area contributed by atoms with Gasteiger partial charge in [0.15, 0.2) is 5.78 Å². The summed E-state index contributed by atoms with van der Waals surface area (Å²) in [5, 5.41) is 0.0218. The van der Waals surface area contributed by atoms with Crippen molar-refractivity contribution in [1.29, 1.82) is 0 Å². The summed E-state index contributed by atoms with van der Waals surface area (Å²) in [7, 11) is 0. The lowest BCUT2D eigenvalue weighted by Gasteiger charge is -2.13. The number of alkyl halides is 3. The maximum atomic E-state index is 13.4. The van der Waals surface area contributed by atoms with E-state index < -0.39 is 23.4 Å². The highest BCUT2D eigenvalue weighted by Crippen LogP contribution is 2.36. The average molecular weight is 402 g/mol. The quantitative estimate of drug-likeness (QED) is 0.563. The zero-order valence-electron chi connectivity index (χ0n) is 13.3. The molecule has 0 aliphatic rings. The minimum atomic E-state index is -4.80. The van der Waals surface area contributed by atoms with Gasteiger partial charge >= 0.3 is 6.18 Å². The number of benzene rings is 2. The third-order valence-electron chi connectivity index (χ3n) is 3.53. The summed E-state index contributed by atoms with van der Waals surface area (Å²) in [5.74, 6) is -1.57. The molecule has 0 heterocycles. The van der Waals surface area contributed by atoms with Crippen molar-refractivity contribution in [2.24, 2.45) is 5.73 Å². The number of allylic oxidation sites excluding steroid dienone is 2. The van der Waals surface area contributed by atoms with Crippen LogP contribution in [0.5, 0.6) is 0 Å². The first-order chi connectivity index (χ1) is 12.0. The highest BCUT2D eigenvalue weighted by molar-refractivity contribution is 6.35. The van der Waals surface area contributed by atoms with Crippen molar-refractivity contribution in [2.75, 3.05) is 0 Å². The topological polar surface area (TPSA) is 60.2 Å². The number of hydrogen-bond acceptors (Lipinski definition) is 2. The summed E-state index contributed by atoms with van der Waals surface area (Å²) in [6.45, 7) is 1.53. The Morgan fingerprint density at radius 2 is 1.58 bits per heavy atom. The van der Waals surface area contributed by atoms with E-state index in [2.05, 4.69) is 0 Å². The molecule has 0 spiro atoms. The molecule has 0 fully saturated rings. The second-order valence-corrected chi connectivity index (χ2v) is 6.34. The van der Waals surface area contributed by atoms with Crippen molar-refractivity contribution in [2.45, 2.75) is 13.1 Å². The Bertz CT molecular complexity index is 901. The van der Waals surface area contributed by atoms with Gasteiger partial charge in [0.05, 0.1) is 5.57 Å². The van der Waals surface area contributed by atoms with Crippen LogP contribution in [0, 0.1) is 6.92 Å². The van der Waals surface area contributed by atoms with Gasteiger partial charge in [-0.15, -0.1) is 0 Å². The number of halogens is 5. The van der Waals surface area contributed by atoms with E-state index in [0.29, 0.717) is 11.6 Å². The number of carbonyl (C=O) groups excluding carboxylic acids is 2. The number of hydrogen-bond donors (Lipinski definition) is 1. The average Bonchev–Trinajstić information content (AvgIpc) is 2.49. The molecule has 3 nitrogen and oxygen atoms in total. The van der Waals surface area contributed by atoms with Gasteiger partial charge in [-0.3, -0.25) is 9.59 Å². The Morgan fingerprint density at radius 3 is 2.04 bits per heavy atom. The van der Waals surface area contributed by atoms with Crippen molar-refractivity contribution in [3.05, 3.63) is 74.8 Å². The summed E-state index contributed by atoms with van der Waals surface area (Å²) < 4.78 is 40.3. The number of aryl methyl sites for hydroxylation is 1. The summed E-state index contributed by atoms with van der Waals surface area (Å²) in [6.07, 6.45) is -4.33. The molecule has 26 heavy (non-hydrogen) atoms. The Morgan fingerprint density at radius 1 is 1.00 bits per heavy atom. The van der Waals surface area contributed by atoms with Gasteiger partial charge in [0.2, 0.25) is 5.91 Å². The van der Waals surface area contributed by atoms with Crippen LogP contribution in [0.1, 0.15) is 31.8 Å². The Balaban J connectivity index is 2.52. The molecule has 136 valence electrons. The van der Waals surface area contributed by atoms with Gasteiger partial charge < -0.3 is 5.73 Å². The lowest BCUT2D eigenvalue weighted by molar-refractivity contribution is -0.0689. The Labute approximate surface area is 157 Å². The standard InChI is InChI=1S/C18H12Cl2F3NO2/c1-9-4-10(2-3-14(9)17(24)26)16(25)8-15(18(21,22)23)11-5-12(19)7-13(20)6-11/h2-8H,1H3,(H2,24,26)/b15-8+. The van der Waals surface area contributed by atoms with E-state index in [-0.39, 0.29) is 26.7 Å². The highest BCUT2D eigenvalue weighted by atomic mass is 35.5. The lowest BCUT2D eigenvalue weighted by Crippen LogP contribution is -2.14. The maximum Gasteiger partial charge on any atom is 0.417 e. The van der Waals surface area contributed by atoms with E-state index in [0.717, 1.165) is 12.1 Å². The van der Waals surface area contributed by atoms with Crippen LogP contribution in [0.2, 0.25) is 10.0 Å². The van der Waals surface area contributed by atoms with Gasteiger partial charge in [-0.05, 0) is 54.5 Å². The van der Waals surface area contributed by atoms with Crippen LogP contribution in [-0.4, -0.2) is 17.9 Å². The van der Waals surface area contributed by atoms with Crippen molar-refractivity contribution >= 4 is 40.5 Å². The fourth-order valence-corrected chi connectivity index (χ4v) is 2.87. The molecule has 2 rings (SSSR count). The molecule has 8 heteroatoms. The highest BCUT2D eigenvalue weighted by Gasteiger charge is 2.35. The first-order valence-corrected chi connectivity index (χ1v) is 7.95. The summed E-state index contributed by atoms with van der Waals surface area (Å²) in [5.41, 5.74) is 4.23. The van der Waals surface area contributed by atoms with Gasteiger partial charge in [0, 0.05) is 21.2 Å². The Kier molecular flexibility index (Phi) is 5.78. The molecular formula is C18H12Cl2F3NO2. The second-order valence-electron chi connectivity index (χ2n) is 5.47. The van der Waals surface area contributed by atoms with Gasteiger partial charge in [0.25, 0.3) is 0 Å². The number of rotatable bonds is 4. The smallest absolute Gasteiger partial charge is 0.366 e. The van der Waals surface area contributed by atoms with Gasteiger partial charge in [-0.1, -0.05) is 29.3 Å². The van der Waals surface area contributed by atoms with Crippen LogP contribution < -0.4 is 5.73 Å². The molecule has 0 atom stereocenters. The molecule has 1 amide bonds. The first kappa shape index (κ1) is 20.0. The number of primary amides is 1. The zero-order valence-corrected chi connectivity index (χ0v) is 14.8. The molecule has 0 radical (unpaired) electrons. The van der Waals surface area contributed by atoms with Gasteiger partial charge in [-0.25, -0.2) is 0 Å². The molecule has 0 aliphatic carbocycles. The first-order valence-electron chi connectivity index (χ1n) is 7.19. The summed E-state index contributed by atoms with van der Waals surface area (Å²) in [4.78, 5) is 23.5. The SMILES string of the molecule is Cc1cc(C(=O)/C=C(\c2cc(Cl)cc(Cl)c2)C(F)(F)F)ccc1C(N)=O. The normalized spacial score (nSPS) is 12.2. The van der Waals surface area contributed by atoms with E-state index in [9.17, 15) is 22.8 Å². The van der Waals surface area contributed by atoms with Crippen LogP contribution in [0.25, 0.3) is 5.57 Å². The summed E-state index contributed by atoms with van der Waals surface area (Å²) in [6, 6.07) is 7.27. The largest absolute Gasteiger partial charge is 0.417 e. The molecule has 2 aromatic rings. The van der Waals surface area contributed by atoms with E-state index in [1.807, 2.05) is 0 Å². The second kappa shape index (κ2) is 7.51. The molecule has 0 saturated carbocycles. The van der Waals surface area contributed by atoms with E-state index in [4.69, 9.17) is 28.9 Å². The van der Waals surface area contributed by atoms with Crippen LogP contribution in [0.3, 0.4) is 0 Å². The fraction of sp³-hybridized carbons (Fsp3) is 0.111. The third-order valence-corrected chi connectivity index (χ3v) is 3.97. The fourth-order valence-electron chi connectivity index (χ4n) is 2.35. The van der Waals surface area contributed by atoms with Crippen LogP contribution >= 0.6 is 23.2 Å². The maximum absolute atomic E-state index is 13.4. The lowest BCUT2D eigenvalue weighted by atomic mass is 9.98. The number of carbonyl (C=O) groups is 2. The molecular weight excluding hydrogens is 390 g/mol. The summed E-state index contributed by atoms with van der Waals surface area (Å²) >= 11 is 11.5. The predicted octanol–water partition coefficient (Wildman–Crippen LogP) is 5.23. The molecule has 0 aromatic heterocycles. The molecule has 0 unspecified atom stereocenters. The monoisotopic (exact) mass is 401 g/mol. The van der Waals surface area contributed by atoms with Crippen LogP contribution in [0.4, 0.5) is 13.2 Å². The van der Waals surface area contributed by atoms with Gasteiger partial charge in [0.1, 0.15) is 0 Å².